The summed E-state index contributed by atoms with van der Waals surface area (Å²) in [6, 6.07) is 0. The van der Waals surface area contributed by atoms with E-state index in [1.807, 2.05) is 0 Å². The first-order valence-electron chi connectivity index (χ1n) is 4.49. The molecule has 72 valence electrons. The Morgan fingerprint density at radius 3 is 2.00 bits per heavy atom. The molecule has 0 aliphatic heterocycles. The van der Waals surface area contributed by atoms with E-state index in [1.165, 1.54) is 19.3 Å². The van der Waals surface area contributed by atoms with Gasteiger partial charge in [-0.3, -0.25) is 0 Å². The Balaban J connectivity index is 2.41. The molecule has 3 atom stereocenters. The highest BCUT2D eigenvalue weighted by molar-refractivity contribution is 6.19. The molecule has 0 radical (unpaired) electrons. The van der Waals surface area contributed by atoms with Gasteiger partial charge in [0, 0.05) is 17.6 Å². The molecule has 0 nitrogen and oxygen atoms in total. The van der Waals surface area contributed by atoms with E-state index in [9.17, 15) is 0 Å². The molecule has 3 heteroatoms. The molecule has 3 unspecified atom stereocenters. The Hall–Kier alpha value is 0.870. The maximum Gasteiger partial charge on any atom is 0.0254 e. The molecule has 0 spiro atoms. The standard InChI is InChI=1S/C9H15Cl3/c10-4-7-1-2-8(5-11)9(3-7)6-12/h7-9H,1-6H2. The van der Waals surface area contributed by atoms with Crippen LogP contribution >= 0.6 is 34.8 Å². The normalized spacial score (nSPS) is 36.8. The van der Waals surface area contributed by atoms with Crippen LogP contribution in [0.15, 0.2) is 0 Å². The van der Waals surface area contributed by atoms with Gasteiger partial charge >= 0.3 is 0 Å². The maximum absolute atomic E-state index is 5.87. The van der Waals surface area contributed by atoms with Crippen LogP contribution in [0, 0.1) is 17.8 Å². The lowest BCUT2D eigenvalue weighted by molar-refractivity contribution is 0.228. The van der Waals surface area contributed by atoms with Gasteiger partial charge in [-0.05, 0) is 37.0 Å². The zero-order valence-electron chi connectivity index (χ0n) is 7.11. The molecule has 0 aromatic rings. The fourth-order valence-electron chi connectivity index (χ4n) is 1.96. The minimum absolute atomic E-state index is 0.599. The van der Waals surface area contributed by atoms with Crippen molar-refractivity contribution in [3.8, 4) is 0 Å². The molecule has 0 bridgehead atoms. The second-order valence-electron chi connectivity index (χ2n) is 3.66. The van der Waals surface area contributed by atoms with Gasteiger partial charge in [-0.25, -0.2) is 0 Å². The Labute approximate surface area is 89.6 Å². The third-order valence-electron chi connectivity index (χ3n) is 2.86. The lowest BCUT2D eigenvalue weighted by Gasteiger charge is -2.33. The minimum atomic E-state index is 0.599. The highest BCUT2D eigenvalue weighted by Crippen LogP contribution is 2.35. The molecule has 0 heterocycles. The van der Waals surface area contributed by atoms with Gasteiger partial charge in [-0.2, -0.15) is 0 Å². The Bertz CT molecular complexity index is 127. The molecule has 0 aromatic heterocycles. The molecule has 1 aliphatic rings. The van der Waals surface area contributed by atoms with E-state index in [0.29, 0.717) is 17.8 Å². The van der Waals surface area contributed by atoms with Gasteiger partial charge in [0.15, 0.2) is 0 Å². The van der Waals surface area contributed by atoms with E-state index >= 15 is 0 Å². The smallest absolute Gasteiger partial charge is 0.0254 e. The Kier molecular flexibility index (Phi) is 5.08. The third-order valence-corrected chi connectivity index (χ3v) is 4.09. The molecule has 1 rings (SSSR count). The van der Waals surface area contributed by atoms with Crippen LogP contribution in [-0.2, 0) is 0 Å². The summed E-state index contributed by atoms with van der Waals surface area (Å²) in [7, 11) is 0. The molecule has 0 saturated heterocycles. The fourth-order valence-corrected chi connectivity index (χ4v) is 3.02. The summed E-state index contributed by atoms with van der Waals surface area (Å²) in [6.07, 6.45) is 3.61. The summed E-state index contributed by atoms with van der Waals surface area (Å²) in [5.74, 6) is 4.18. The SMILES string of the molecule is ClCC1CCC(CCl)C(CCl)C1. The van der Waals surface area contributed by atoms with Gasteiger partial charge in [-0.1, -0.05) is 0 Å². The molecule has 0 amide bonds. The number of hydrogen-bond acceptors (Lipinski definition) is 0. The van der Waals surface area contributed by atoms with Crippen molar-refractivity contribution in [2.24, 2.45) is 17.8 Å². The van der Waals surface area contributed by atoms with Crippen LogP contribution in [-0.4, -0.2) is 17.6 Å². The molecule has 1 fully saturated rings. The van der Waals surface area contributed by atoms with Crippen molar-refractivity contribution in [3.63, 3.8) is 0 Å². The summed E-state index contributed by atoms with van der Waals surface area (Å²) in [5.41, 5.74) is 0. The fraction of sp³-hybridized carbons (Fsp3) is 1.00. The third kappa shape index (κ3) is 2.68. The first-order chi connectivity index (χ1) is 5.81. The largest absolute Gasteiger partial charge is 0.126 e. The van der Waals surface area contributed by atoms with Crippen molar-refractivity contribution >= 4 is 34.8 Å². The van der Waals surface area contributed by atoms with E-state index in [2.05, 4.69) is 0 Å². The van der Waals surface area contributed by atoms with Crippen molar-refractivity contribution in [3.05, 3.63) is 0 Å². The zero-order valence-corrected chi connectivity index (χ0v) is 9.38. The summed E-state index contributed by atoms with van der Waals surface area (Å²) >= 11 is 17.5. The first-order valence-corrected chi connectivity index (χ1v) is 6.10. The van der Waals surface area contributed by atoms with Crippen molar-refractivity contribution in [1.29, 1.82) is 0 Å². The number of alkyl halides is 3. The quantitative estimate of drug-likeness (QED) is 0.647. The highest BCUT2D eigenvalue weighted by Gasteiger charge is 2.28. The molecule has 12 heavy (non-hydrogen) atoms. The molecule has 0 aromatic carbocycles. The number of halogens is 3. The zero-order chi connectivity index (χ0) is 8.97. The molecule has 1 aliphatic carbocycles. The van der Waals surface area contributed by atoms with Crippen molar-refractivity contribution in [2.75, 3.05) is 17.6 Å². The summed E-state index contributed by atoms with van der Waals surface area (Å²) in [5, 5.41) is 0. The van der Waals surface area contributed by atoms with E-state index in [0.717, 1.165) is 17.6 Å². The molecular weight excluding hydrogens is 214 g/mol. The van der Waals surface area contributed by atoms with Crippen LogP contribution < -0.4 is 0 Å². The van der Waals surface area contributed by atoms with Crippen LogP contribution in [0.25, 0.3) is 0 Å². The highest BCUT2D eigenvalue weighted by atomic mass is 35.5. The van der Waals surface area contributed by atoms with E-state index in [4.69, 9.17) is 34.8 Å². The minimum Gasteiger partial charge on any atom is -0.126 e. The van der Waals surface area contributed by atoms with E-state index in [-0.39, 0.29) is 0 Å². The lowest BCUT2D eigenvalue weighted by atomic mass is 9.76. The lowest BCUT2D eigenvalue weighted by Crippen LogP contribution is -2.27. The summed E-state index contributed by atoms with van der Waals surface area (Å²) in [6.45, 7) is 0. The second kappa shape index (κ2) is 5.57. The van der Waals surface area contributed by atoms with Crippen LogP contribution in [0.1, 0.15) is 19.3 Å². The Morgan fingerprint density at radius 1 is 0.833 bits per heavy atom. The number of hydrogen-bond donors (Lipinski definition) is 0. The van der Waals surface area contributed by atoms with Gasteiger partial charge in [0.05, 0.1) is 0 Å². The van der Waals surface area contributed by atoms with Crippen molar-refractivity contribution in [2.45, 2.75) is 19.3 Å². The Morgan fingerprint density at radius 2 is 1.50 bits per heavy atom. The average Bonchev–Trinajstić information content (AvgIpc) is 2.16. The predicted octanol–water partition coefficient (Wildman–Crippen LogP) is 3.74. The van der Waals surface area contributed by atoms with Crippen LogP contribution in [0.5, 0.6) is 0 Å². The van der Waals surface area contributed by atoms with Crippen molar-refractivity contribution < 1.29 is 0 Å². The van der Waals surface area contributed by atoms with Gasteiger partial charge in [0.1, 0.15) is 0 Å². The molecule has 0 N–H and O–H groups in total. The predicted molar refractivity (Wildman–Crippen MR) is 56.5 cm³/mol. The average molecular weight is 230 g/mol. The second-order valence-corrected chi connectivity index (χ2v) is 4.59. The molecular formula is C9H15Cl3. The molecule has 1 saturated carbocycles. The summed E-state index contributed by atoms with van der Waals surface area (Å²) < 4.78 is 0. The topological polar surface area (TPSA) is 0 Å². The van der Waals surface area contributed by atoms with Crippen molar-refractivity contribution in [1.82, 2.24) is 0 Å². The van der Waals surface area contributed by atoms with Gasteiger partial charge in [0.25, 0.3) is 0 Å². The van der Waals surface area contributed by atoms with Gasteiger partial charge < -0.3 is 0 Å². The summed E-state index contributed by atoms with van der Waals surface area (Å²) in [4.78, 5) is 0. The maximum atomic E-state index is 5.87. The van der Waals surface area contributed by atoms with Gasteiger partial charge in [0.2, 0.25) is 0 Å². The monoisotopic (exact) mass is 228 g/mol. The number of rotatable bonds is 3. The first kappa shape index (κ1) is 10.9. The van der Waals surface area contributed by atoms with Crippen LogP contribution in [0.2, 0.25) is 0 Å². The van der Waals surface area contributed by atoms with Crippen LogP contribution in [0.3, 0.4) is 0 Å². The van der Waals surface area contributed by atoms with E-state index < -0.39 is 0 Å². The van der Waals surface area contributed by atoms with Gasteiger partial charge in [-0.15, -0.1) is 34.8 Å². The van der Waals surface area contributed by atoms with E-state index in [1.54, 1.807) is 0 Å². The van der Waals surface area contributed by atoms with Crippen LogP contribution in [0.4, 0.5) is 0 Å².